The Bertz CT molecular complexity index is 1160. The lowest BCUT2D eigenvalue weighted by atomic mass is 10.2. The molecular formula is C18H18BrN3O4S2. The van der Waals surface area contributed by atoms with E-state index in [1.165, 1.54) is 12.1 Å². The van der Waals surface area contributed by atoms with Crippen molar-refractivity contribution in [3.63, 3.8) is 0 Å². The minimum Gasteiger partial charge on any atom is -0.486 e. The number of sulfonamides is 1. The molecule has 2 N–H and O–H groups in total. The smallest absolute Gasteiger partial charge is 0.238 e. The highest BCUT2D eigenvalue weighted by molar-refractivity contribution is 9.10. The highest BCUT2D eigenvalue weighted by atomic mass is 79.9. The van der Waals surface area contributed by atoms with Crippen molar-refractivity contribution in [2.75, 3.05) is 13.2 Å². The molecular weight excluding hydrogens is 466 g/mol. The molecule has 2 heterocycles. The van der Waals surface area contributed by atoms with Crippen LogP contribution in [0.3, 0.4) is 0 Å². The quantitative estimate of drug-likeness (QED) is 0.557. The number of thioether (sulfide) groups is 1. The molecule has 148 valence electrons. The summed E-state index contributed by atoms with van der Waals surface area (Å²) in [5, 5.41) is 6.05. The van der Waals surface area contributed by atoms with Crippen LogP contribution < -0.4 is 14.6 Å². The maximum Gasteiger partial charge on any atom is 0.238 e. The van der Waals surface area contributed by atoms with Crippen LogP contribution in [0.2, 0.25) is 0 Å². The number of primary sulfonamides is 1. The van der Waals surface area contributed by atoms with Gasteiger partial charge in [0, 0.05) is 16.8 Å². The maximum atomic E-state index is 11.6. The number of nitrogens with two attached hydrogens (primary N) is 1. The van der Waals surface area contributed by atoms with E-state index in [2.05, 4.69) is 25.5 Å². The number of rotatable bonds is 5. The Labute approximate surface area is 175 Å². The van der Waals surface area contributed by atoms with Crippen molar-refractivity contribution in [1.29, 1.82) is 0 Å². The predicted octanol–water partition coefficient (Wildman–Crippen LogP) is 3.53. The molecule has 28 heavy (non-hydrogen) atoms. The molecule has 4 rings (SSSR count). The first-order valence-corrected chi connectivity index (χ1v) is 11.9. The van der Waals surface area contributed by atoms with Crippen molar-refractivity contribution in [2.45, 2.75) is 29.3 Å². The average molecular weight is 484 g/mol. The molecule has 10 heteroatoms. The third-order valence-electron chi connectivity index (χ3n) is 4.40. The lowest BCUT2D eigenvalue weighted by Crippen LogP contribution is -2.15. The number of benzene rings is 2. The van der Waals surface area contributed by atoms with Crippen LogP contribution in [0, 0.1) is 0 Å². The van der Waals surface area contributed by atoms with Crippen molar-refractivity contribution in [1.82, 2.24) is 9.55 Å². The fraction of sp³-hybridized carbons (Fsp3) is 0.278. The summed E-state index contributed by atoms with van der Waals surface area (Å²) in [7, 11) is -3.76. The van der Waals surface area contributed by atoms with E-state index in [0.29, 0.717) is 24.5 Å². The van der Waals surface area contributed by atoms with Crippen LogP contribution >= 0.6 is 27.7 Å². The molecule has 0 spiro atoms. The molecule has 1 aliphatic rings. The van der Waals surface area contributed by atoms with Gasteiger partial charge in [-0.15, -0.1) is 0 Å². The molecule has 7 nitrogen and oxygen atoms in total. The van der Waals surface area contributed by atoms with Crippen molar-refractivity contribution in [3.05, 3.63) is 40.4 Å². The molecule has 1 aromatic heterocycles. The maximum absolute atomic E-state index is 11.6. The monoisotopic (exact) mass is 483 g/mol. The molecule has 2 aromatic carbocycles. The van der Waals surface area contributed by atoms with Gasteiger partial charge in [-0.1, -0.05) is 27.7 Å². The van der Waals surface area contributed by atoms with Gasteiger partial charge in [0.2, 0.25) is 10.0 Å². The Kier molecular flexibility index (Phi) is 5.30. The average Bonchev–Trinajstić information content (AvgIpc) is 3.02. The summed E-state index contributed by atoms with van der Waals surface area (Å²) in [6.45, 7) is 3.84. The zero-order valence-electron chi connectivity index (χ0n) is 15.0. The highest BCUT2D eigenvalue weighted by Crippen LogP contribution is 2.38. The number of aryl methyl sites for hydroxylation is 1. The molecule has 0 amide bonds. The van der Waals surface area contributed by atoms with Crippen LogP contribution in [0.4, 0.5) is 0 Å². The molecule has 1 aliphatic heterocycles. The largest absolute Gasteiger partial charge is 0.486 e. The van der Waals surface area contributed by atoms with Gasteiger partial charge < -0.3 is 14.0 Å². The minimum atomic E-state index is -3.76. The first-order valence-electron chi connectivity index (χ1n) is 8.60. The number of ether oxygens (including phenoxy) is 2. The van der Waals surface area contributed by atoms with Gasteiger partial charge in [0.05, 0.1) is 15.9 Å². The topological polar surface area (TPSA) is 96.4 Å². The third kappa shape index (κ3) is 3.73. The Hall–Kier alpha value is -1.75. The summed E-state index contributed by atoms with van der Waals surface area (Å²) in [4.78, 5) is 4.69. The molecule has 0 unspecified atom stereocenters. The van der Waals surface area contributed by atoms with Crippen molar-refractivity contribution in [2.24, 2.45) is 5.14 Å². The summed E-state index contributed by atoms with van der Waals surface area (Å²) in [5.41, 5.74) is 2.55. The Morgan fingerprint density at radius 1 is 1.21 bits per heavy atom. The van der Waals surface area contributed by atoms with Crippen LogP contribution in [0.1, 0.15) is 12.5 Å². The first-order chi connectivity index (χ1) is 13.4. The number of hydrogen-bond acceptors (Lipinski definition) is 6. The van der Waals surface area contributed by atoms with Gasteiger partial charge in [0.1, 0.15) is 13.2 Å². The molecule has 0 radical (unpaired) electrons. The summed E-state index contributed by atoms with van der Waals surface area (Å²) in [5.74, 6) is 2.15. The van der Waals surface area contributed by atoms with Crippen molar-refractivity contribution < 1.29 is 17.9 Å². The zero-order valence-corrected chi connectivity index (χ0v) is 18.2. The molecule has 3 aromatic rings. The van der Waals surface area contributed by atoms with E-state index in [1.54, 1.807) is 17.8 Å². The van der Waals surface area contributed by atoms with Gasteiger partial charge in [0.15, 0.2) is 16.7 Å². The fourth-order valence-electron chi connectivity index (χ4n) is 3.04. The second kappa shape index (κ2) is 7.58. The second-order valence-electron chi connectivity index (χ2n) is 6.21. The lowest BCUT2D eigenvalue weighted by Gasteiger charge is -2.19. The number of nitrogens with zero attached hydrogens (tertiary/aromatic N) is 2. The summed E-state index contributed by atoms with van der Waals surface area (Å²) < 4.78 is 37.5. The number of hydrogen-bond donors (Lipinski definition) is 1. The van der Waals surface area contributed by atoms with E-state index in [4.69, 9.17) is 14.6 Å². The molecule has 0 saturated carbocycles. The Morgan fingerprint density at radius 2 is 1.93 bits per heavy atom. The second-order valence-corrected chi connectivity index (χ2v) is 9.57. The molecule has 0 aliphatic carbocycles. The normalized spacial score (nSPS) is 13.8. The number of aromatic nitrogens is 2. The third-order valence-corrected chi connectivity index (χ3v) is 7.07. The first kappa shape index (κ1) is 19.6. The summed E-state index contributed by atoms with van der Waals surface area (Å²) in [6.07, 6.45) is 0. The van der Waals surface area contributed by atoms with Gasteiger partial charge >= 0.3 is 0 Å². The number of halogens is 1. The Morgan fingerprint density at radius 3 is 2.61 bits per heavy atom. The summed E-state index contributed by atoms with van der Waals surface area (Å²) in [6, 6.07) is 8.67. The number of imidazole rings is 1. The van der Waals surface area contributed by atoms with Gasteiger partial charge in [0.25, 0.3) is 0 Å². The van der Waals surface area contributed by atoms with Crippen LogP contribution in [0.25, 0.3) is 11.0 Å². The van der Waals surface area contributed by atoms with E-state index in [0.717, 1.165) is 38.8 Å². The Balaban J connectivity index is 1.64. The van der Waals surface area contributed by atoms with E-state index in [-0.39, 0.29) is 4.90 Å². The summed E-state index contributed by atoms with van der Waals surface area (Å²) >= 11 is 5.17. The predicted molar refractivity (Wildman–Crippen MR) is 111 cm³/mol. The van der Waals surface area contributed by atoms with Crippen molar-refractivity contribution >= 4 is 48.7 Å². The number of fused-ring (bicyclic) bond motifs is 2. The van der Waals surface area contributed by atoms with Crippen molar-refractivity contribution in [3.8, 4) is 11.5 Å². The van der Waals surface area contributed by atoms with E-state index < -0.39 is 10.0 Å². The molecule has 0 bridgehead atoms. The standard InChI is InChI=1S/C18H18BrN3O4S2/c1-2-22-15-4-3-12(28(20,23)24)8-14(15)21-18(22)27-10-11-7-16-17(9-13(11)19)26-6-5-25-16/h3-4,7-9H,2,5-6,10H2,1H3,(H2,20,23,24). The zero-order chi connectivity index (χ0) is 19.9. The lowest BCUT2D eigenvalue weighted by molar-refractivity contribution is 0.171. The van der Waals surface area contributed by atoms with Gasteiger partial charge in [-0.2, -0.15) is 0 Å². The van der Waals surface area contributed by atoms with Crippen LogP contribution in [-0.4, -0.2) is 31.2 Å². The van der Waals surface area contributed by atoms with Gasteiger partial charge in [-0.3, -0.25) is 0 Å². The van der Waals surface area contributed by atoms with Crippen LogP contribution in [0.15, 0.2) is 44.9 Å². The molecule has 0 fully saturated rings. The molecule has 0 saturated heterocycles. The minimum absolute atomic E-state index is 0.0619. The fourth-order valence-corrected chi connectivity index (χ4v) is 5.29. The van der Waals surface area contributed by atoms with E-state index in [1.807, 2.05) is 19.1 Å². The van der Waals surface area contributed by atoms with E-state index >= 15 is 0 Å². The van der Waals surface area contributed by atoms with Gasteiger partial charge in [-0.05, 0) is 42.8 Å². The molecule has 0 atom stereocenters. The SMILES string of the molecule is CCn1c(SCc2cc3c(cc2Br)OCCO3)nc2cc(S(N)(=O)=O)ccc21. The highest BCUT2D eigenvalue weighted by Gasteiger charge is 2.17. The van der Waals surface area contributed by atoms with Crippen LogP contribution in [0.5, 0.6) is 11.5 Å². The van der Waals surface area contributed by atoms with E-state index in [9.17, 15) is 8.42 Å². The van der Waals surface area contributed by atoms with Crippen LogP contribution in [-0.2, 0) is 22.3 Å². The van der Waals surface area contributed by atoms with Gasteiger partial charge in [-0.25, -0.2) is 18.5 Å².